The molecular weight excluding hydrogens is 100 g/mol. The molecule has 0 fully saturated rings. The van der Waals surface area contributed by atoms with Gasteiger partial charge in [-0.25, -0.2) is 0 Å². The SMILES string of the molecule is CC#CC(=O)C(C)C. The van der Waals surface area contributed by atoms with Crippen LogP contribution in [0.5, 0.6) is 0 Å². The summed E-state index contributed by atoms with van der Waals surface area (Å²) in [7, 11) is 0. The Morgan fingerprint density at radius 2 is 2.00 bits per heavy atom. The molecule has 0 bridgehead atoms. The number of ketones is 1. The van der Waals surface area contributed by atoms with E-state index in [0.29, 0.717) is 0 Å². The Hall–Kier alpha value is -0.770. The molecule has 0 heterocycles. The van der Waals surface area contributed by atoms with E-state index in [1.165, 1.54) is 0 Å². The van der Waals surface area contributed by atoms with Crippen LogP contribution >= 0.6 is 0 Å². The zero-order valence-electron chi connectivity index (χ0n) is 5.49. The lowest BCUT2D eigenvalue weighted by Crippen LogP contribution is -2.02. The Kier molecular flexibility index (Phi) is 2.95. The zero-order valence-corrected chi connectivity index (χ0v) is 5.49. The van der Waals surface area contributed by atoms with Gasteiger partial charge in [0.15, 0.2) is 0 Å². The molecule has 0 saturated carbocycles. The van der Waals surface area contributed by atoms with Gasteiger partial charge in [-0.1, -0.05) is 19.8 Å². The average molecular weight is 110 g/mol. The van der Waals surface area contributed by atoms with Crippen LogP contribution in [0.1, 0.15) is 20.8 Å². The summed E-state index contributed by atoms with van der Waals surface area (Å²) in [6.07, 6.45) is 0. The number of hydrogen-bond acceptors (Lipinski definition) is 1. The molecule has 0 rings (SSSR count). The summed E-state index contributed by atoms with van der Waals surface area (Å²) >= 11 is 0. The fraction of sp³-hybridized carbons (Fsp3) is 0.571. The highest BCUT2D eigenvalue weighted by Gasteiger charge is 1.99. The van der Waals surface area contributed by atoms with Crippen LogP contribution < -0.4 is 0 Å². The molecule has 0 atom stereocenters. The molecule has 8 heavy (non-hydrogen) atoms. The zero-order chi connectivity index (χ0) is 6.57. The maximum Gasteiger partial charge on any atom is 0.207 e. The highest BCUT2D eigenvalue weighted by atomic mass is 16.1. The maximum absolute atomic E-state index is 10.6. The molecule has 0 unspecified atom stereocenters. The summed E-state index contributed by atoms with van der Waals surface area (Å²) < 4.78 is 0. The van der Waals surface area contributed by atoms with Crippen molar-refractivity contribution in [3.63, 3.8) is 0 Å². The van der Waals surface area contributed by atoms with Gasteiger partial charge < -0.3 is 0 Å². The molecule has 0 radical (unpaired) electrons. The molecule has 0 aromatic heterocycles. The summed E-state index contributed by atoms with van der Waals surface area (Å²) in [5.41, 5.74) is 0. The van der Waals surface area contributed by atoms with E-state index < -0.39 is 0 Å². The quantitative estimate of drug-likeness (QED) is 0.366. The van der Waals surface area contributed by atoms with Gasteiger partial charge in [0.25, 0.3) is 0 Å². The number of Topliss-reactive ketones (excluding diaryl/α,β-unsaturated/α-hetero) is 1. The van der Waals surface area contributed by atoms with Gasteiger partial charge in [-0.3, -0.25) is 4.79 Å². The van der Waals surface area contributed by atoms with Crippen molar-refractivity contribution in [3.8, 4) is 11.8 Å². The van der Waals surface area contributed by atoms with Crippen molar-refractivity contribution in [3.05, 3.63) is 0 Å². The Morgan fingerprint density at radius 1 is 1.50 bits per heavy atom. The lowest BCUT2D eigenvalue weighted by Gasteiger charge is -1.90. The van der Waals surface area contributed by atoms with Crippen molar-refractivity contribution >= 4 is 5.78 Å². The summed E-state index contributed by atoms with van der Waals surface area (Å²) in [5, 5.41) is 0. The van der Waals surface area contributed by atoms with E-state index in [1.807, 2.05) is 13.8 Å². The van der Waals surface area contributed by atoms with Gasteiger partial charge in [0.2, 0.25) is 5.78 Å². The molecule has 0 saturated heterocycles. The minimum atomic E-state index is 0.0208. The second-order valence-electron chi connectivity index (χ2n) is 1.89. The minimum absolute atomic E-state index is 0.0208. The monoisotopic (exact) mass is 110 g/mol. The lowest BCUT2D eigenvalue weighted by molar-refractivity contribution is -0.116. The lowest BCUT2D eigenvalue weighted by atomic mass is 10.1. The standard InChI is InChI=1S/C7H10O/c1-4-5-7(8)6(2)3/h6H,1-3H3. The fourth-order valence-electron chi connectivity index (χ4n) is 0.268. The van der Waals surface area contributed by atoms with E-state index in [1.54, 1.807) is 6.92 Å². The van der Waals surface area contributed by atoms with Gasteiger partial charge >= 0.3 is 0 Å². The third kappa shape index (κ3) is 2.41. The van der Waals surface area contributed by atoms with Crippen molar-refractivity contribution in [2.75, 3.05) is 0 Å². The van der Waals surface area contributed by atoms with Gasteiger partial charge in [-0.15, -0.1) is 0 Å². The molecule has 0 aliphatic heterocycles. The van der Waals surface area contributed by atoms with Gasteiger partial charge in [0, 0.05) is 5.92 Å². The Balaban J connectivity index is 3.78. The largest absolute Gasteiger partial charge is 0.285 e. The van der Waals surface area contributed by atoms with E-state index in [4.69, 9.17) is 0 Å². The predicted molar refractivity (Wildman–Crippen MR) is 33.3 cm³/mol. The summed E-state index contributed by atoms with van der Waals surface area (Å²) in [4.78, 5) is 10.6. The van der Waals surface area contributed by atoms with Crippen molar-refractivity contribution in [1.82, 2.24) is 0 Å². The van der Waals surface area contributed by atoms with Crippen LogP contribution in [0.25, 0.3) is 0 Å². The molecule has 0 aliphatic rings. The average Bonchev–Trinajstić information content (AvgIpc) is 1.67. The number of carbonyl (C=O) groups excluding carboxylic acids is 1. The first-order valence-corrected chi connectivity index (χ1v) is 2.65. The van der Waals surface area contributed by atoms with Gasteiger partial charge in [-0.05, 0) is 12.8 Å². The van der Waals surface area contributed by atoms with Crippen molar-refractivity contribution in [1.29, 1.82) is 0 Å². The second-order valence-corrected chi connectivity index (χ2v) is 1.89. The Labute approximate surface area is 50.1 Å². The van der Waals surface area contributed by atoms with Crippen LogP contribution in [-0.4, -0.2) is 5.78 Å². The minimum Gasteiger partial charge on any atom is -0.285 e. The van der Waals surface area contributed by atoms with Crippen LogP contribution in [0.2, 0.25) is 0 Å². The van der Waals surface area contributed by atoms with E-state index in [2.05, 4.69) is 11.8 Å². The first kappa shape index (κ1) is 7.23. The van der Waals surface area contributed by atoms with Crippen molar-refractivity contribution in [2.24, 2.45) is 5.92 Å². The van der Waals surface area contributed by atoms with E-state index in [0.717, 1.165) is 0 Å². The first-order chi connectivity index (χ1) is 3.68. The molecule has 1 heteroatoms. The van der Waals surface area contributed by atoms with E-state index >= 15 is 0 Å². The molecule has 44 valence electrons. The summed E-state index contributed by atoms with van der Waals surface area (Å²) in [6.45, 7) is 5.35. The van der Waals surface area contributed by atoms with Crippen molar-refractivity contribution < 1.29 is 4.79 Å². The molecule has 1 nitrogen and oxygen atoms in total. The van der Waals surface area contributed by atoms with E-state index in [9.17, 15) is 4.79 Å². The van der Waals surface area contributed by atoms with Gasteiger partial charge in [-0.2, -0.15) is 0 Å². The molecule has 0 aromatic carbocycles. The molecule has 0 spiro atoms. The molecule has 0 aromatic rings. The molecule has 0 N–H and O–H groups in total. The van der Waals surface area contributed by atoms with Crippen LogP contribution in [0.3, 0.4) is 0 Å². The first-order valence-electron chi connectivity index (χ1n) is 2.65. The highest BCUT2D eigenvalue weighted by molar-refractivity contribution is 5.96. The summed E-state index contributed by atoms with van der Waals surface area (Å²) in [5.74, 6) is 5.08. The normalized spacial score (nSPS) is 8.00. The van der Waals surface area contributed by atoms with Gasteiger partial charge in [0.05, 0.1) is 0 Å². The third-order valence-corrected chi connectivity index (χ3v) is 0.773. The van der Waals surface area contributed by atoms with E-state index in [-0.39, 0.29) is 11.7 Å². The highest BCUT2D eigenvalue weighted by Crippen LogP contribution is 1.90. The van der Waals surface area contributed by atoms with Crippen molar-refractivity contribution in [2.45, 2.75) is 20.8 Å². The van der Waals surface area contributed by atoms with Crippen LogP contribution in [0, 0.1) is 17.8 Å². The number of carbonyl (C=O) groups is 1. The number of rotatable bonds is 1. The molecular formula is C7H10O. The van der Waals surface area contributed by atoms with Crippen LogP contribution in [0.4, 0.5) is 0 Å². The summed E-state index contributed by atoms with van der Waals surface area (Å²) in [6, 6.07) is 0. The predicted octanol–water partition coefficient (Wildman–Crippen LogP) is 1.23. The Morgan fingerprint density at radius 3 is 2.12 bits per heavy atom. The smallest absolute Gasteiger partial charge is 0.207 e. The molecule has 0 aliphatic carbocycles. The van der Waals surface area contributed by atoms with Crippen LogP contribution in [0.15, 0.2) is 0 Å². The maximum atomic E-state index is 10.6. The second kappa shape index (κ2) is 3.26. The Bertz CT molecular complexity index is 134. The third-order valence-electron chi connectivity index (χ3n) is 0.773. The number of hydrogen-bond donors (Lipinski definition) is 0. The topological polar surface area (TPSA) is 17.1 Å². The fourth-order valence-corrected chi connectivity index (χ4v) is 0.268. The van der Waals surface area contributed by atoms with Gasteiger partial charge in [0.1, 0.15) is 0 Å². The van der Waals surface area contributed by atoms with Crippen LogP contribution in [-0.2, 0) is 4.79 Å². The molecule has 0 amide bonds.